The molecule has 212 valence electrons. The highest BCUT2D eigenvalue weighted by Crippen LogP contribution is 2.30. The summed E-state index contributed by atoms with van der Waals surface area (Å²) < 4.78 is 46.1. The second-order valence-electron chi connectivity index (χ2n) is 9.73. The molecule has 3 aromatic carbocycles. The highest BCUT2D eigenvalue weighted by molar-refractivity contribution is 5.85. The highest BCUT2D eigenvalue weighted by atomic mass is 19.4. The molecule has 0 amide bonds. The molecule has 0 fully saturated rings. The number of hydrogen-bond donors (Lipinski definition) is 2. The first-order valence-electron chi connectivity index (χ1n) is 13.0. The lowest BCUT2D eigenvalue weighted by Gasteiger charge is -2.15. The first-order valence-corrected chi connectivity index (χ1v) is 13.0. The Labute approximate surface area is 235 Å². The molecule has 0 aliphatic heterocycles. The second kappa shape index (κ2) is 11.7. The number of hydrogen-bond acceptors (Lipinski definition) is 7. The number of benzene rings is 3. The van der Waals surface area contributed by atoms with E-state index in [1.165, 1.54) is 12.1 Å². The van der Waals surface area contributed by atoms with Gasteiger partial charge in [-0.15, -0.1) is 0 Å². The summed E-state index contributed by atoms with van der Waals surface area (Å²) >= 11 is 0. The predicted octanol–water partition coefficient (Wildman–Crippen LogP) is 6.37. The number of halogens is 3. The molecule has 0 saturated heterocycles. The number of nitrogens with one attached hydrogen (secondary N) is 2. The lowest BCUT2D eigenvalue weighted by atomic mass is 10.1. The summed E-state index contributed by atoms with van der Waals surface area (Å²) in [5.41, 5.74) is 4.09. The van der Waals surface area contributed by atoms with E-state index in [-0.39, 0.29) is 0 Å². The van der Waals surface area contributed by atoms with Crippen LogP contribution < -0.4 is 20.3 Å². The highest BCUT2D eigenvalue weighted by Gasteiger charge is 2.30. The molecule has 2 heterocycles. The van der Waals surface area contributed by atoms with Gasteiger partial charge in [0.2, 0.25) is 5.95 Å². The SMILES string of the molecule is COc1ccc(CCNc2nc(Nc3cccc(N(C)C)c3)nc3c2ncn3Cc2ccc(C(F)(F)F)cc2)cc1. The number of ether oxygens (including phenoxy) is 1. The van der Waals surface area contributed by atoms with Gasteiger partial charge in [-0.3, -0.25) is 0 Å². The Bertz CT molecular complexity index is 1610. The van der Waals surface area contributed by atoms with Crippen LogP contribution in [0.15, 0.2) is 79.1 Å². The van der Waals surface area contributed by atoms with E-state index in [1.54, 1.807) is 18.0 Å². The van der Waals surface area contributed by atoms with E-state index < -0.39 is 11.7 Å². The van der Waals surface area contributed by atoms with Crippen molar-refractivity contribution in [3.63, 3.8) is 0 Å². The monoisotopic (exact) mass is 561 g/mol. The van der Waals surface area contributed by atoms with Crippen LogP contribution in [-0.4, -0.2) is 47.3 Å². The molecule has 8 nitrogen and oxygen atoms in total. The maximum absolute atomic E-state index is 13.0. The summed E-state index contributed by atoms with van der Waals surface area (Å²) in [6, 6.07) is 20.8. The van der Waals surface area contributed by atoms with Crippen LogP contribution in [0.3, 0.4) is 0 Å². The molecule has 41 heavy (non-hydrogen) atoms. The first-order chi connectivity index (χ1) is 19.7. The van der Waals surface area contributed by atoms with E-state index in [0.29, 0.717) is 41.6 Å². The van der Waals surface area contributed by atoms with Gasteiger partial charge in [0.1, 0.15) is 5.75 Å². The van der Waals surface area contributed by atoms with E-state index in [9.17, 15) is 13.2 Å². The summed E-state index contributed by atoms with van der Waals surface area (Å²) in [5, 5.41) is 6.68. The number of rotatable bonds is 10. The summed E-state index contributed by atoms with van der Waals surface area (Å²) in [6.07, 6.45) is -2.01. The summed E-state index contributed by atoms with van der Waals surface area (Å²) in [4.78, 5) is 16.0. The molecule has 2 aromatic heterocycles. The zero-order valence-corrected chi connectivity index (χ0v) is 22.9. The van der Waals surface area contributed by atoms with Crippen LogP contribution in [0, 0.1) is 0 Å². The Balaban J connectivity index is 1.43. The number of anilines is 4. The Morgan fingerprint density at radius 1 is 0.927 bits per heavy atom. The van der Waals surface area contributed by atoms with Gasteiger partial charge >= 0.3 is 6.18 Å². The van der Waals surface area contributed by atoms with E-state index >= 15 is 0 Å². The van der Waals surface area contributed by atoms with Crippen LogP contribution in [0.4, 0.5) is 36.3 Å². The second-order valence-corrected chi connectivity index (χ2v) is 9.73. The van der Waals surface area contributed by atoms with Gasteiger partial charge in [-0.25, -0.2) is 4.98 Å². The van der Waals surface area contributed by atoms with E-state index in [1.807, 2.05) is 67.5 Å². The van der Waals surface area contributed by atoms with Gasteiger partial charge < -0.3 is 24.8 Å². The minimum Gasteiger partial charge on any atom is -0.497 e. The molecule has 0 bridgehead atoms. The van der Waals surface area contributed by atoms with Crippen molar-refractivity contribution in [1.82, 2.24) is 19.5 Å². The van der Waals surface area contributed by atoms with Crippen molar-refractivity contribution >= 4 is 34.3 Å². The first kappa shape index (κ1) is 27.8. The Hall–Kier alpha value is -4.80. The van der Waals surface area contributed by atoms with Crippen molar-refractivity contribution in [2.75, 3.05) is 43.3 Å². The topological polar surface area (TPSA) is 80.1 Å². The van der Waals surface area contributed by atoms with Crippen molar-refractivity contribution in [3.05, 3.63) is 95.8 Å². The van der Waals surface area contributed by atoms with Gasteiger partial charge in [0.05, 0.1) is 25.5 Å². The number of methoxy groups -OCH3 is 1. The van der Waals surface area contributed by atoms with Crippen LogP contribution in [0.5, 0.6) is 5.75 Å². The molecule has 5 aromatic rings. The lowest BCUT2D eigenvalue weighted by molar-refractivity contribution is -0.137. The maximum Gasteiger partial charge on any atom is 0.416 e. The van der Waals surface area contributed by atoms with Crippen LogP contribution in [0.1, 0.15) is 16.7 Å². The van der Waals surface area contributed by atoms with Gasteiger partial charge in [-0.1, -0.05) is 30.3 Å². The van der Waals surface area contributed by atoms with Gasteiger partial charge in [0.15, 0.2) is 17.0 Å². The van der Waals surface area contributed by atoms with Gasteiger partial charge in [0.25, 0.3) is 0 Å². The average Bonchev–Trinajstić information content (AvgIpc) is 3.36. The largest absolute Gasteiger partial charge is 0.497 e. The van der Waals surface area contributed by atoms with E-state index in [4.69, 9.17) is 14.7 Å². The smallest absolute Gasteiger partial charge is 0.416 e. The Kier molecular flexibility index (Phi) is 7.95. The van der Waals surface area contributed by atoms with Gasteiger partial charge in [-0.05, 0) is 60.0 Å². The van der Waals surface area contributed by atoms with Gasteiger partial charge in [0, 0.05) is 32.0 Å². The molecule has 0 atom stereocenters. The van der Waals surface area contributed by atoms with Crippen LogP contribution in [0.25, 0.3) is 11.2 Å². The molecule has 0 aliphatic rings. The number of nitrogens with zero attached hydrogens (tertiary/aromatic N) is 5. The molecular weight excluding hydrogens is 531 g/mol. The zero-order valence-electron chi connectivity index (χ0n) is 22.9. The average molecular weight is 562 g/mol. The number of alkyl halides is 3. The number of aromatic nitrogens is 4. The molecule has 0 saturated carbocycles. The molecular formula is C30H30F3N7O. The number of imidazole rings is 1. The van der Waals surface area contributed by atoms with Crippen molar-refractivity contribution < 1.29 is 17.9 Å². The molecule has 11 heteroatoms. The van der Waals surface area contributed by atoms with Crippen LogP contribution in [0.2, 0.25) is 0 Å². The third kappa shape index (κ3) is 6.68. The van der Waals surface area contributed by atoms with Crippen molar-refractivity contribution in [1.29, 1.82) is 0 Å². The lowest BCUT2D eigenvalue weighted by Crippen LogP contribution is -2.11. The van der Waals surface area contributed by atoms with E-state index in [0.717, 1.165) is 41.2 Å². The molecule has 0 aliphatic carbocycles. The molecule has 2 N–H and O–H groups in total. The fraction of sp³-hybridized carbons (Fsp3) is 0.233. The number of fused-ring (bicyclic) bond motifs is 1. The minimum absolute atomic E-state index is 0.298. The van der Waals surface area contributed by atoms with Crippen molar-refractivity contribution in [2.24, 2.45) is 0 Å². The van der Waals surface area contributed by atoms with Gasteiger partial charge in [-0.2, -0.15) is 23.1 Å². The quantitative estimate of drug-likeness (QED) is 0.205. The molecule has 0 spiro atoms. The van der Waals surface area contributed by atoms with Crippen LogP contribution in [-0.2, 0) is 19.1 Å². The van der Waals surface area contributed by atoms with Crippen molar-refractivity contribution in [2.45, 2.75) is 19.1 Å². The third-order valence-corrected chi connectivity index (χ3v) is 6.58. The normalized spacial score (nSPS) is 11.5. The maximum atomic E-state index is 13.0. The summed E-state index contributed by atoms with van der Waals surface area (Å²) in [7, 11) is 5.56. The summed E-state index contributed by atoms with van der Waals surface area (Å²) in [6.45, 7) is 0.895. The molecule has 0 unspecified atom stereocenters. The fourth-order valence-electron chi connectivity index (χ4n) is 4.34. The molecule has 0 radical (unpaired) electrons. The predicted molar refractivity (Wildman–Crippen MR) is 155 cm³/mol. The third-order valence-electron chi connectivity index (χ3n) is 6.58. The standard InChI is InChI=1S/C30H30F3N7O/c1-39(2)24-6-4-5-23(17-24)36-29-37-27(34-16-15-20-9-13-25(41-3)14-10-20)26-28(38-29)40(19-35-26)18-21-7-11-22(12-8-21)30(31,32)33/h4-14,17,19H,15-16,18H2,1-3H3,(H2,34,36,37,38). The summed E-state index contributed by atoms with van der Waals surface area (Å²) in [5.74, 6) is 1.72. The van der Waals surface area contributed by atoms with Crippen molar-refractivity contribution in [3.8, 4) is 5.75 Å². The zero-order chi connectivity index (χ0) is 29.0. The molecule has 5 rings (SSSR count). The van der Waals surface area contributed by atoms with E-state index in [2.05, 4.69) is 15.6 Å². The minimum atomic E-state index is -4.38. The Morgan fingerprint density at radius 3 is 2.34 bits per heavy atom. The Morgan fingerprint density at radius 2 is 1.66 bits per heavy atom. The van der Waals surface area contributed by atoms with Crippen LogP contribution >= 0.6 is 0 Å². The fourth-order valence-corrected chi connectivity index (χ4v) is 4.34.